The standard InChI is InChI=1S/C72H50N2.C38H28.C35H24BrN/c1-49-62(52-21-8-3-9-22-52)41-36-55-46-60(39-43-63(49)55)74-70-32-17-15-30-66(70)67-42-35-54(47-71(67)74)53-23-18-28-59(45-53)73(58-37-33-51(34-38-58)50-19-6-2-7-20-50)61-40-44-65-64-29-14-16-31-68(64)72(69(65)48-61,56-24-10-4-11-25-56)57-26-12-5-13-27-57;1-4-12-30(13-5-1)31-23-20-28(21-24-31)26-29-22-25-35-34-18-10-11-19-36(34)38(37(35)27-29,32-14-6-2-7-15-32)33-16-8-3-9-17-33;1-23-30(24-8-3-2-4-9-24)17-15-27-21-29(16-19-31(23)27)37-34-13-6-5-12-32(34)33-18-14-26(22-35(33)37)25-10-7-11-28(36)20-25/h2-48H,1H3;1-25,27H,26H2;2-22H,1H3. The summed E-state index contributed by atoms with van der Waals surface area (Å²) in [7, 11) is 0. The molecule has 3 nitrogen and oxygen atoms in total. The molecule has 0 unspecified atom stereocenters. The molecule has 4 heteroatoms. The molecule has 2 aliphatic rings. The number of nitrogens with zero attached hydrogens (tertiary/aromatic N) is 3. The highest BCUT2D eigenvalue weighted by Crippen LogP contribution is 2.60. The maximum atomic E-state index is 3.63. The minimum absolute atomic E-state index is 0.346. The number of hydrogen-bond donors (Lipinski definition) is 0. The van der Waals surface area contributed by atoms with Crippen molar-refractivity contribution in [3.63, 3.8) is 0 Å². The van der Waals surface area contributed by atoms with E-state index in [4.69, 9.17) is 0 Å². The van der Waals surface area contributed by atoms with E-state index >= 15 is 0 Å². The van der Waals surface area contributed by atoms with Gasteiger partial charge in [-0.3, -0.25) is 0 Å². The van der Waals surface area contributed by atoms with E-state index in [0.29, 0.717) is 0 Å². The number of aromatic nitrogens is 2. The van der Waals surface area contributed by atoms with E-state index in [1.165, 1.54) is 215 Å². The zero-order chi connectivity index (χ0) is 99.5. The van der Waals surface area contributed by atoms with E-state index in [-0.39, 0.29) is 5.41 Å². The van der Waals surface area contributed by atoms with Gasteiger partial charge >= 0.3 is 0 Å². The molecule has 0 bridgehead atoms. The third-order valence-electron chi connectivity index (χ3n) is 31.1. The van der Waals surface area contributed by atoms with Crippen molar-refractivity contribution in [1.29, 1.82) is 0 Å². The van der Waals surface area contributed by atoms with Crippen LogP contribution in [0.5, 0.6) is 0 Å². The Balaban J connectivity index is 0.000000125. The number of halogens is 1. The maximum absolute atomic E-state index is 3.63. The van der Waals surface area contributed by atoms with Crippen LogP contribution >= 0.6 is 15.9 Å². The maximum Gasteiger partial charge on any atom is 0.0714 e. The Hall–Kier alpha value is -18.3. The van der Waals surface area contributed by atoms with Crippen LogP contribution in [-0.2, 0) is 17.3 Å². The Bertz CT molecular complexity index is 9450. The summed E-state index contributed by atoms with van der Waals surface area (Å²) in [5, 5.41) is 10.1. The van der Waals surface area contributed by atoms with E-state index in [9.17, 15) is 0 Å². The third-order valence-corrected chi connectivity index (χ3v) is 31.6. The Kier molecular flexibility index (Phi) is 23.5. The van der Waals surface area contributed by atoms with Crippen LogP contribution < -0.4 is 4.90 Å². The number of benzene rings is 24. The zero-order valence-electron chi connectivity index (χ0n) is 82.7. The smallest absolute Gasteiger partial charge is 0.0714 e. The quantitative estimate of drug-likeness (QED) is 0.0886. The van der Waals surface area contributed by atoms with Crippen molar-refractivity contribution in [1.82, 2.24) is 9.13 Å². The minimum Gasteiger partial charge on any atom is -0.310 e. The fourth-order valence-electron chi connectivity index (χ4n) is 24.2. The Morgan fingerprint density at radius 3 is 0.980 bits per heavy atom. The molecule has 0 N–H and O–H groups in total. The second-order valence-corrected chi connectivity index (χ2v) is 40.3. The Morgan fingerprint density at radius 1 is 0.195 bits per heavy atom. The molecular weight excluding hydrogens is 1860 g/mol. The number of rotatable bonds is 17. The fourth-order valence-corrected chi connectivity index (χ4v) is 24.6. The van der Waals surface area contributed by atoms with Crippen LogP contribution in [0.15, 0.2) is 575 Å². The molecule has 0 radical (unpaired) electrons. The van der Waals surface area contributed by atoms with Crippen molar-refractivity contribution in [2.24, 2.45) is 0 Å². The van der Waals surface area contributed by atoms with Gasteiger partial charge < -0.3 is 14.0 Å². The van der Waals surface area contributed by atoms with Gasteiger partial charge in [0.25, 0.3) is 0 Å². The van der Waals surface area contributed by atoms with Crippen LogP contribution in [-0.4, -0.2) is 9.13 Å². The summed E-state index contributed by atoms with van der Waals surface area (Å²) in [6.07, 6.45) is 0.901. The molecule has 0 saturated carbocycles. The van der Waals surface area contributed by atoms with Crippen molar-refractivity contribution in [2.45, 2.75) is 31.1 Å². The van der Waals surface area contributed by atoms with Gasteiger partial charge in [-0.1, -0.05) is 489 Å². The molecule has 0 saturated heterocycles. The van der Waals surface area contributed by atoms with Gasteiger partial charge in [-0.2, -0.15) is 0 Å². The average molecular weight is 1970 g/mol. The monoisotopic (exact) mass is 1960 g/mol. The van der Waals surface area contributed by atoms with Crippen molar-refractivity contribution < 1.29 is 0 Å². The van der Waals surface area contributed by atoms with Crippen LogP contribution in [0.25, 0.3) is 166 Å². The summed E-state index contributed by atoms with van der Waals surface area (Å²) < 4.78 is 5.95. The predicted octanol–water partition coefficient (Wildman–Crippen LogP) is 38.7. The first-order valence-corrected chi connectivity index (χ1v) is 52.3. The first-order valence-electron chi connectivity index (χ1n) is 51.5. The first-order chi connectivity index (χ1) is 73.6. The average Bonchev–Trinajstić information content (AvgIpc) is 1.54. The van der Waals surface area contributed by atoms with Crippen molar-refractivity contribution in [3.05, 3.63) is 641 Å². The minimum atomic E-state index is -0.530. The second kappa shape index (κ2) is 38.7. The summed E-state index contributed by atoms with van der Waals surface area (Å²) in [4.78, 5) is 2.44. The first kappa shape index (κ1) is 90.7. The summed E-state index contributed by atoms with van der Waals surface area (Å²) in [5.41, 5.74) is 45.0. The highest BCUT2D eigenvalue weighted by Gasteiger charge is 2.48. The topological polar surface area (TPSA) is 13.1 Å². The van der Waals surface area contributed by atoms with Gasteiger partial charge in [0.15, 0.2) is 0 Å². The third kappa shape index (κ3) is 16.2. The molecule has 26 aromatic rings. The lowest BCUT2D eigenvalue weighted by Crippen LogP contribution is -2.28. The van der Waals surface area contributed by atoms with Crippen LogP contribution in [0.2, 0.25) is 0 Å². The number of hydrogen-bond acceptors (Lipinski definition) is 1. The van der Waals surface area contributed by atoms with Gasteiger partial charge in [0.05, 0.1) is 32.9 Å². The SMILES string of the molecule is Cc1c(-c2ccccc2)ccc2cc(-n3c4ccccc4c4ccc(-c5cccc(Br)c5)cc43)ccc12.Cc1c(-c2ccccc2)ccc2cc(-n3c4ccccc4c4ccc(-c5cccc(N(c6ccc(-c7ccccc7)cc6)c6ccc7c(c6)C(c6ccccc6)(c6ccccc6)c6ccccc6-7)c5)cc43)ccc12.c1ccc(-c2ccc(Cc3ccc4c(c3)C(c3ccccc3)(c3ccccc3)c3ccccc3-4)cc2)cc1. The van der Waals surface area contributed by atoms with Gasteiger partial charge in [0.2, 0.25) is 0 Å². The largest absolute Gasteiger partial charge is 0.310 e. The van der Waals surface area contributed by atoms with Crippen LogP contribution in [0.1, 0.15) is 66.8 Å². The van der Waals surface area contributed by atoms with E-state index in [2.05, 4.69) is 614 Å². The lowest BCUT2D eigenvalue weighted by molar-refractivity contribution is 0.767. The highest BCUT2D eigenvalue weighted by molar-refractivity contribution is 9.10. The van der Waals surface area contributed by atoms with E-state index < -0.39 is 5.41 Å². The molecule has 704 valence electrons. The molecule has 28 rings (SSSR count). The van der Waals surface area contributed by atoms with Gasteiger partial charge in [-0.25, -0.2) is 0 Å². The van der Waals surface area contributed by atoms with Gasteiger partial charge in [-0.15, -0.1) is 0 Å². The van der Waals surface area contributed by atoms with Crippen molar-refractivity contribution in [3.8, 4) is 100 Å². The fraction of sp³-hybridized carbons (Fsp3) is 0.0345. The van der Waals surface area contributed by atoms with E-state index in [1.54, 1.807) is 0 Å². The normalized spacial score (nSPS) is 12.4. The molecular formula is C145H102BrN3. The number of aryl methyl sites for hydroxylation is 2. The van der Waals surface area contributed by atoms with Gasteiger partial charge in [-0.05, 0) is 295 Å². The lowest BCUT2D eigenvalue weighted by Gasteiger charge is -2.35. The Labute approximate surface area is 878 Å². The highest BCUT2D eigenvalue weighted by atomic mass is 79.9. The predicted molar refractivity (Wildman–Crippen MR) is 631 cm³/mol. The summed E-state index contributed by atoms with van der Waals surface area (Å²) >= 11 is 3.63. The summed E-state index contributed by atoms with van der Waals surface area (Å²) in [6.45, 7) is 4.48. The van der Waals surface area contributed by atoms with Gasteiger partial charge in [0.1, 0.15) is 0 Å². The van der Waals surface area contributed by atoms with Crippen molar-refractivity contribution >= 4 is 98.1 Å². The van der Waals surface area contributed by atoms with E-state index in [0.717, 1.165) is 44.8 Å². The molecule has 2 aromatic heterocycles. The molecule has 24 aromatic carbocycles. The number of para-hydroxylation sites is 2. The summed E-state index contributed by atoms with van der Waals surface area (Å²) in [5.74, 6) is 0. The molecule has 2 heterocycles. The molecule has 0 spiro atoms. The zero-order valence-corrected chi connectivity index (χ0v) is 84.3. The summed E-state index contributed by atoms with van der Waals surface area (Å²) in [6, 6.07) is 209. The Morgan fingerprint density at radius 2 is 0.517 bits per heavy atom. The lowest BCUT2D eigenvalue weighted by atomic mass is 9.67. The van der Waals surface area contributed by atoms with Gasteiger partial charge in [0, 0.05) is 54.5 Å². The van der Waals surface area contributed by atoms with Crippen LogP contribution in [0.3, 0.4) is 0 Å². The molecule has 0 fully saturated rings. The molecule has 2 aliphatic carbocycles. The number of anilines is 3. The van der Waals surface area contributed by atoms with Crippen LogP contribution in [0, 0.1) is 13.8 Å². The van der Waals surface area contributed by atoms with Crippen LogP contribution in [0.4, 0.5) is 17.1 Å². The van der Waals surface area contributed by atoms with Crippen molar-refractivity contribution in [2.75, 3.05) is 4.90 Å². The number of fused-ring (bicyclic) bond motifs is 14. The second-order valence-electron chi connectivity index (χ2n) is 39.4. The van der Waals surface area contributed by atoms with E-state index in [1.807, 2.05) is 0 Å². The molecule has 0 amide bonds. The molecule has 0 atom stereocenters. The molecule has 0 aliphatic heterocycles. The molecule has 149 heavy (non-hydrogen) atoms.